The number of anilines is 1. The predicted octanol–water partition coefficient (Wildman–Crippen LogP) is 4.30. The van der Waals surface area contributed by atoms with Gasteiger partial charge in [0, 0.05) is 52.0 Å². The lowest BCUT2D eigenvalue weighted by atomic mass is 9.92. The van der Waals surface area contributed by atoms with Crippen molar-refractivity contribution in [2.24, 2.45) is 0 Å². The van der Waals surface area contributed by atoms with Gasteiger partial charge in [0.05, 0.1) is 0 Å². The standard InChI is InChI=1S/C18H20ClNO2/c1-18(2,3)20-9-12(8-19)17-14(20)7-15(22)13-6-4-5-11(10-21)16(13)17/h4-7,10,12,22H,8-9H2,1-3H3. The van der Waals surface area contributed by atoms with Crippen molar-refractivity contribution < 1.29 is 9.90 Å². The summed E-state index contributed by atoms with van der Waals surface area (Å²) in [6.07, 6.45) is 0.854. The van der Waals surface area contributed by atoms with Crippen LogP contribution in [0.3, 0.4) is 0 Å². The van der Waals surface area contributed by atoms with Gasteiger partial charge in [-0.2, -0.15) is 0 Å². The van der Waals surface area contributed by atoms with Gasteiger partial charge in [0.1, 0.15) is 5.75 Å². The first-order valence-corrected chi connectivity index (χ1v) is 7.99. The summed E-state index contributed by atoms with van der Waals surface area (Å²) in [5.41, 5.74) is 2.60. The van der Waals surface area contributed by atoms with E-state index in [1.807, 2.05) is 12.1 Å². The molecule has 4 heteroatoms. The summed E-state index contributed by atoms with van der Waals surface area (Å²) in [6.45, 7) is 7.22. The zero-order valence-corrected chi connectivity index (χ0v) is 13.8. The van der Waals surface area contributed by atoms with E-state index in [4.69, 9.17) is 11.6 Å². The molecule has 116 valence electrons. The van der Waals surface area contributed by atoms with Gasteiger partial charge >= 0.3 is 0 Å². The van der Waals surface area contributed by atoms with Crippen LogP contribution in [0.25, 0.3) is 10.8 Å². The van der Waals surface area contributed by atoms with Crippen molar-refractivity contribution in [3.05, 3.63) is 35.4 Å². The fourth-order valence-electron chi connectivity index (χ4n) is 3.40. The first kappa shape index (κ1) is 15.2. The number of carbonyl (C=O) groups excluding carboxylic acids is 1. The average molecular weight is 318 g/mol. The molecule has 1 unspecified atom stereocenters. The number of hydrogen-bond acceptors (Lipinski definition) is 3. The Morgan fingerprint density at radius 2 is 2.14 bits per heavy atom. The summed E-state index contributed by atoms with van der Waals surface area (Å²) in [5.74, 6) is 0.856. The summed E-state index contributed by atoms with van der Waals surface area (Å²) >= 11 is 6.21. The molecule has 2 aromatic rings. The molecule has 0 aliphatic carbocycles. The van der Waals surface area contributed by atoms with Crippen LogP contribution in [0.5, 0.6) is 5.75 Å². The van der Waals surface area contributed by atoms with Crippen molar-refractivity contribution in [1.82, 2.24) is 0 Å². The fourth-order valence-corrected chi connectivity index (χ4v) is 3.66. The minimum Gasteiger partial charge on any atom is -0.507 e. The van der Waals surface area contributed by atoms with Crippen LogP contribution in [-0.2, 0) is 0 Å². The highest BCUT2D eigenvalue weighted by Gasteiger charge is 2.36. The molecule has 2 aromatic carbocycles. The van der Waals surface area contributed by atoms with Gasteiger partial charge in [0.2, 0.25) is 0 Å². The smallest absolute Gasteiger partial charge is 0.150 e. The van der Waals surface area contributed by atoms with Crippen LogP contribution in [0.15, 0.2) is 24.3 Å². The second kappa shape index (κ2) is 5.17. The first-order valence-electron chi connectivity index (χ1n) is 7.46. The number of phenolic OH excluding ortho intramolecular Hbond substituents is 1. The van der Waals surface area contributed by atoms with Crippen LogP contribution in [-0.4, -0.2) is 29.4 Å². The number of aldehydes is 1. The number of fused-ring (bicyclic) bond motifs is 3. The Morgan fingerprint density at radius 1 is 1.41 bits per heavy atom. The van der Waals surface area contributed by atoms with Gasteiger partial charge < -0.3 is 10.0 Å². The first-order chi connectivity index (χ1) is 10.4. The minimum atomic E-state index is -0.0776. The molecular formula is C18H20ClNO2. The third kappa shape index (κ3) is 2.15. The number of alkyl halides is 1. The summed E-state index contributed by atoms with van der Waals surface area (Å²) in [4.78, 5) is 13.7. The lowest BCUT2D eigenvalue weighted by Crippen LogP contribution is -2.40. The number of halogens is 1. The van der Waals surface area contributed by atoms with E-state index in [-0.39, 0.29) is 17.2 Å². The maximum absolute atomic E-state index is 11.5. The Balaban J connectivity index is 2.40. The zero-order valence-electron chi connectivity index (χ0n) is 13.1. The number of carbonyl (C=O) groups is 1. The molecule has 0 fully saturated rings. The molecule has 1 N–H and O–H groups in total. The lowest BCUT2D eigenvalue weighted by Gasteiger charge is -2.35. The largest absolute Gasteiger partial charge is 0.507 e. The second-order valence-electron chi connectivity index (χ2n) is 6.85. The van der Waals surface area contributed by atoms with Gasteiger partial charge in [-0.3, -0.25) is 4.79 Å². The Morgan fingerprint density at radius 3 is 2.73 bits per heavy atom. The zero-order chi connectivity index (χ0) is 16.1. The van der Waals surface area contributed by atoms with Crippen LogP contribution < -0.4 is 4.90 Å². The van der Waals surface area contributed by atoms with E-state index in [0.717, 1.165) is 29.5 Å². The van der Waals surface area contributed by atoms with Crippen molar-refractivity contribution in [1.29, 1.82) is 0 Å². The molecule has 0 saturated carbocycles. The third-order valence-corrected chi connectivity index (χ3v) is 4.79. The number of aromatic hydroxyl groups is 1. The summed E-state index contributed by atoms with van der Waals surface area (Å²) in [7, 11) is 0. The monoisotopic (exact) mass is 317 g/mol. The molecule has 1 aliphatic heterocycles. The van der Waals surface area contributed by atoms with E-state index in [2.05, 4.69) is 25.7 Å². The van der Waals surface area contributed by atoms with Crippen molar-refractivity contribution in [3.63, 3.8) is 0 Å². The Hall–Kier alpha value is -1.74. The number of benzene rings is 2. The topological polar surface area (TPSA) is 40.5 Å². The lowest BCUT2D eigenvalue weighted by molar-refractivity contribution is 0.112. The number of hydrogen-bond donors (Lipinski definition) is 1. The average Bonchev–Trinajstić information content (AvgIpc) is 2.85. The highest BCUT2D eigenvalue weighted by molar-refractivity contribution is 6.19. The van der Waals surface area contributed by atoms with E-state index in [1.165, 1.54) is 0 Å². The number of rotatable bonds is 2. The minimum absolute atomic E-state index is 0.0776. The number of phenols is 1. The van der Waals surface area contributed by atoms with E-state index in [9.17, 15) is 9.90 Å². The van der Waals surface area contributed by atoms with Crippen molar-refractivity contribution in [2.45, 2.75) is 32.2 Å². The molecule has 22 heavy (non-hydrogen) atoms. The van der Waals surface area contributed by atoms with Gasteiger partial charge in [-0.05, 0) is 26.3 Å². The van der Waals surface area contributed by atoms with E-state index in [0.29, 0.717) is 16.8 Å². The second-order valence-corrected chi connectivity index (χ2v) is 7.16. The van der Waals surface area contributed by atoms with Gasteiger partial charge in [-0.15, -0.1) is 11.6 Å². The van der Waals surface area contributed by atoms with Crippen LogP contribution in [0.1, 0.15) is 42.6 Å². The van der Waals surface area contributed by atoms with Crippen LogP contribution in [0.2, 0.25) is 0 Å². The Labute approximate surface area is 135 Å². The molecule has 0 saturated heterocycles. The maximum atomic E-state index is 11.5. The van der Waals surface area contributed by atoms with E-state index >= 15 is 0 Å². The molecule has 1 atom stereocenters. The van der Waals surface area contributed by atoms with Gasteiger partial charge in [-0.25, -0.2) is 0 Å². The maximum Gasteiger partial charge on any atom is 0.150 e. The Bertz CT molecular complexity index is 749. The van der Waals surface area contributed by atoms with E-state index < -0.39 is 0 Å². The van der Waals surface area contributed by atoms with Crippen LogP contribution in [0, 0.1) is 0 Å². The SMILES string of the molecule is CC(C)(C)N1CC(CCl)c2c1cc(O)c1cccc(C=O)c21. The van der Waals surface area contributed by atoms with Crippen molar-refractivity contribution in [2.75, 3.05) is 17.3 Å². The Kier molecular flexibility index (Phi) is 3.56. The van der Waals surface area contributed by atoms with Gasteiger partial charge in [0.15, 0.2) is 6.29 Å². The molecule has 0 amide bonds. The summed E-state index contributed by atoms with van der Waals surface area (Å²) in [6, 6.07) is 7.25. The molecule has 0 radical (unpaired) electrons. The quantitative estimate of drug-likeness (QED) is 0.663. The molecule has 0 aromatic heterocycles. The fraction of sp³-hybridized carbons (Fsp3) is 0.389. The molecule has 1 aliphatic rings. The van der Waals surface area contributed by atoms with Crippen LogP contribution >= 0.6 is 11.6 Å². The van der Waals surface area contributed by atoms with Gasteiger partial charge in [-0.1, -0.05) is 18.2 Å². The third-order valence-electron chi connectivity index (χ3n) is 4.42. The highest BCUT2D eigenvalue weighted by atomic mass is 35.5. The molecule has 3 nitrogen and oxygen atoms in total. The summed E-state index contributed by atoms with van der Waals surface area (Å²) < 4.78 is 0. The van der Waals surface area contributed by atoms with Crippen molar-refractivity contribution >= 4 is 34.3 Å². The molecular weight excluding hydrogens is 298 g/mol. The number of nitrogens with zero attached hydrogens (tertiary/aromatic N) is 1. The van der Waals surface area contributed by atoms with Crippen LogP contribution in [0.4, 0.5) is 5.69 Å². The van der Waals surface area contributed by atoms with E-state index in [1.54, 1.807) is 12.1 Å². The molecule has 0 bridgehead atoms. The highest BCUT2D eigenvalue weighted by Crippen LogP contribution is 2.48. The molecule has 3 rings (SSSR count). The predicted molar refractivity (Wildman–Crippen MR) is 91.6 cm³/mol. The summed E-state index contributed by atoms with van der Waals surface area (Å²) in [5, 5.41) is 12.0. The normalized spacial score (nSPS) is 17.8. The molecule has 0 spiro atoms. The van der Waals surface area contributed by atoms with Crippen molar-refractivity contribution in [3.8, 4) is 5.75 Å². The van der Waals surface area contributed by atoms with Gasteiger partial charge in [0.25, 0.3) is 0 Å². The molecule has 1 heterocycles.